The molecule has 18 nitrogen and oxygen atoms in total. The van der Waals surface area contributed by atoms with Crippen LogP contribution in [-0.4, -0.2) is 119 Å². The van der Waals surface area contributed by atoms with Gasteiger partial charge in [0.15, 0.2) is 0 Å². The molecule has 12 atom stereocenters. The summed E-state index contributed by atoms with van der Waals surface area (Å²) in [7, 11) is -1.52. The topological polar surface area (TPSA) is 166 Å². The van der Waals surface area contributed by atoms with Crippen LogP contribution in [0.25, 0.3) is 6.08 Å². The lowest BCUT2D eigenvalue weighted by atomic mass is 9.75. The second kappa shape index (κ2) is 36.5. The number of benzene rings is 6. The van der Waals surface area contributed by atoms with Crippen molar-refractivity contribution in [3.63, 3.8) is 0 Å². The van der Waals surface area contributed by atoms with Crippen molar-refractivity contribution in [1.82, 2.24) is 0 Å². The van der Waals surface area contributed by atoms with Crippen molar-refractivity contribution in [2.75, 3.05) is 39.6 Å². The van der Waals surface area contributed by atoms with Crippen molar-refractivity contribution in [1.29, 1.82) is 0 Å². The average molecular weight is 1530 g/mol. The van der Waals surface area contributed by atoms with Gasteiger partial charge in [0.2, 0.25) is 0 Å². The van der Waals surface area contributed by atoms with Crippen LogP contribution in [0.5, 0.6) is 34.5 Å². The normalized spacial score (nSPS) is 25.8. The molecule has 0 spiro atoms. The van der Waals surface area contributed by atoms with Gasteiger partial charge in [0.25, 0.3) is 0 Å². The average Bonchev–Trinajstić information content (AvgIpc) is 1.63. The maximum atomic E-state index is 6.13. The summed E-state index contributed by atoms with van der Waals surface area (Å²) in [6.45, 7) is 43.5. The third-order valence-corrected chi connectivity index (χ3v) is 23.4. The summed E-state index contributed by atoms with van der Waals surface area (Å²) >= 11 is 0. The Labute approximate surface area is 668 Å². The first-order valence-electron chi connectivity index (χ1n) is 42.6. The number of hydrogen-bond donors (Lipinski definition) is 0. The van der Waals surface area contributed by atoms with E-state index >= 15 is 0 Å². The Hall–Kier alpha value is -6.23. The van der Waals surface area contributed by atoms with E-state index in [0.29, 0.717) is 45.6 Å². The van der Waals surface area contributed by atoms with Crippen LogP contribution in [0.1, 0.15) is 297 Å². The van der Waals surface area contributed by atoms with Crippen LogP contribution in [-0.2, 0) is 75.1 Å². The molecule has 0 amide bonds. The largest absolute Gasteiger partial charge is 0.498 e. The van der Waals surface area contributed by atoms with E-state index in [1.807, 2.05) is 59.8 Å². The molecule has 19 rings (SSSR count). The molecule has 12 aliphatic heterocycles. The summed E-state index contributed by atoms with van der Waals surface area (Å²) in [5.41, 5.74) is 22.6. The Morgan fingerprint density at radius 3 is 0.929 bits per heavy atom. The van der Waals surface area contributed by atoms with Crippen molar-refractivity contribution in [2.24, 2.45) is 0 Å². The Morgan fingerprint density at radius 1 is 0.330 bits per heavy atom. The molecule has 12 heterocycles. The predicted octanol–water partition coefficient (Wildman–Crippen LogP) is 15.1. The second-order valence-corrected chi connectivity index (χ2v) is 32.3. The van der Waals surface area contributed by atoms with E-state index in [1.54, 1.807) is 0 Å². The minimum absolute atomic E-state index is 0.0398. The quantitative estimate of drug-likeness (QED) is 0.0944. The minimum atomic E-state index is -0.294. The lowest BCUT2D eigenvalue weighted by molar-refractivity contribution is 0.0972. The molecular weight excluding hydrogens is 1410 g/mol. The van der Waals surface area contributed by atoms with Gasteiger partial charge >= 0.3 is 42.7 Å². The van der Waals surface area contributed by atoms with E-state index in [1.165, 1.54) is 79.5 Å². The smallest absolute Gasteiger partial charge is 0.491 e. The number of rotatable bonds is 14. The van der Waals surface area contributed by atoms with Crippen LogP contribution < -0.4 is 61.2 Å². The summed E-state index contributed by atoms with van der Waals surface area (Å²) in [6, 6.07) is 25.4. The molecule has 0 N–H and O–H groups in total. The fourth-order valence-corrected chi connectivity index (χ4v) is 17.9. The maximum Gasteiger partial charge on any atom is 0.498 e. The Kier molecular flexibility index (Phi) is 26.8. The summed E-state index contributed by atoms with van der Waals surface area (Å²) in [5, 5.41) is 0. The third-order valence-electron chi connectivity index (χ3n) is 23.4. The number of aryl methyl sites for hydroxylation is 3. The first-order chi connectivity index (χ1) is 54.4. The van der Waals surface area contributed by atoms with Crippen LogP contribution in [0.3, 0.4) is 0 Å². The van der Waals surface area contributed by atoms with Crippen LogP contribution >= 0.6 is 0 Å². The Bertz CT molecular complexity index is 4100. The van der Waals surface area contributed by atoms with Crippen LogP contribution in [0, 0.1) is 0 Å². The first kappa shape index (κ1) is 82.3. The van der Waals surface area contributed by atoms with Gasteiger partial charge in [-0.05, 0) is 227 Å². The summed E-state index contributed by atoms with van der Waals surface area (Å²) in [5.74, 6) is 6.83. The van der Waals surface area contributed by atoms with Crippen LogP contribution in [0.2, 0.25) is 0 Å². The molecule has 0 aromatic heterocycles. The predicted molar refractivity (Wildman–Crippen MR) is 445 cm³/mol. The molecule has 0 saturated heterocycles. The molecule has 6 aromatic rings. The molecule has 1 saturated carbocycles. The molecule has 0 radical (unpaired) electrons. The zero-order valence-electron chi connectivity index (χ0n) is 69.5. The highest BCUT2D eigenvalue weighted by atomic mass is 16.7. The second-order valence-electron chi connectivity index (χ2n) is 32.3. The fourth-order valence-electron chi connectivity index (χ4n) is 17.9. The summed E-state index contributed by atoms with van der Waals surface area (Å²) in [4.78, 5) is 0. The molecule has 6 aromatic carbocycles. The van der Waals surface area contributed by atoms with E-state index in [4.69, 9.17) is 84.3 Å². The molecule has 1 aliphatic carbocycles. The molecule has 0 bridgehead atoms. The standard InChI is InChI=1S/C15H19BO3.3C15H21BO3.C14H19BO3.C14H17BO3/c1-3-12-14-11(10-4-5-10)6-7-13-15(14)16(19-12)18-9(2)8-17-13;1-5-12-14-11(9(2)3)6-7-13-15(14)16(19-12)18-10(4)8-17-13;2*1-4-6-11-7-8-13-15-14(11)12(5-2)19-16(15)18-10(3)9-17-13;2*1-4-10-6-7-12-14-13(10)11(5-2)18-15(14)17-9(3)8-16-12/h6-7,9-10,12H,3-5,8H2,1-2H3;6-7,9-10,12H,5,8H2,1-4H3;2*7-8,10,12H,4-6,9H2,1-3H3;6-7,9,11H,4-5,8H2,1-3H3;4,6-7,9,11H,1,5,8H2,2-3H3/t9?,12-;3*10?,12-;2*9?,11-/m111111/s1. The summed E-state index contributed by atoms with van der Waals surface area (Å²) < 4.78 is 107. The van der Waals surface area contributed by atoms with Gasteiger partial charge in [-0.15, -0.1) is 0 Å². The SMILES string of the molecule is C=Cc1ccc2c3c1[C@@H](CC)OB3OC(C)CO2.CCCc1ccc2c3c1[C@@H](CC)OB3OC(C)CO2.CCCc1ccc2c3c1[C@@H](CC)OB3OC(C)CO2.CC[C@H]1OB2OC(C)COc3ccc(C(C)C)c1c32.CC[C@H]1OB2OC(C)COc3ccc(C4CC4)c1c32.CCc1ccc2c3c1[C@@H](CC)OB3OC(C)CO2. The van der Waals surface area contributed by atoms with Crippen molar-refractivity contribution in [2.45, 2.75) is 286 Å². The lowest BCUT2D eigenvalue weighted by Crippen LogP contribution is -2.34. The highest BCUT2D eigenvalue weighted by Gasteiger charge is 2.50. The van der Waals surface area contributed by atoms with E-state index in [2.05, 4.69) is 143 Å². The highest BCUT2D eigenvalue weighted by molar-refractivity contribution is 6.67. The lowest BCUT2D eigenvalue weighted by Gasteiger charge is -2.19. The van der Waals surface area contributed by atoms with Crippen LogP contribution in [0.4, 0.5) is 0 Å². The highest BCUT2D eigenvalue weighted by Crippen LogP contribution is 2.48. The molecule has 112 heavy (non-hydrogen) atoms. The molecule has 596 valence electrons. The fraction of sp³-hybridized carbons (Fsp3) is 0.568. The zero-order valence-corrected chi connectivity index (χ0v) is 69.5. The van der Waals surface area contributed by atoms with Crippen molar-refractivity contribution >= 4 is 81.6 Å². The Morgan fingerprint density at radius 2 is 0.607 bits per heavy atom. The van der Waals surface area contributed by atoms with Gasteiger partial charge in [-0.3, -0.25) is 0 Å². The van der Waals surface area contributed by atoms with Crippen molar-refractivity contribution in [3.05, 3.63) is 146 Å². The van der Waals surface area contributed by atoms with Gasteiger partial charge in [-0.25, -0.2) is 0 Å². The van der Waals surface area contributed by atoms with Gasteiger partial charge in [0, 0.05) is 32.8 Å². The van der Waals surface area contributed by atoms with Gasteiger partial charge in [0.1, 0.15) is 74.1 Å². The summed E-state index contributed by atoms with van der Waals surface area (Å²) in [6.07, 6.45) is 17.0. The van der Waals surface area contributed by atoms with Gasteiger partial charge in [0.05, 0.1) is 73.2 Å². The molecule has 13 aliphatic rings. The Balaban J connectivity index is 0.000000112. The van der Waals surface area contributed by atoms with E-state index in [0.717, 1.165) is 144 Å². The van der Waals surface area contributed by atoms with E-state index < -0.39 is 0 Å². The van der Waals surface area contributed by atoms with Crippen molar-refractivity contribution < 1.29 is 84.3 Å². The monoisotopic (exact) mass is 1530 g/mol. The minimum Gasteiger partial charge on any atom is -0.491 e. The molecular formula is C88H118B6O18. The van der Waals surface area contributed by atoms with Gasteiger partial charge in [-0.2, -0.15) is 0 Å². The van der Waals surface area contributed by atoms with Crippen molar-refractivity contribution in [3.8, 4) is 34.5 Å². The number of hydrogen-bond acceptors (Lipinski definition) is 18. The van der Waals surface area contributed by atoms with Gasteiger partial charge < -0.3 is 84.3 Å². The number of ether oxygens (including phenoxy) is 6. The molecule has 6 unspecified atom stereocenters. The molecule has 1 fully saturated rings. The molecule has 24 heteroatoms. The maximum absolute atomic E-state index is 6.13. The third kappa shape index (κ3) is 16.9. The van der Waals surface area contributed by atoms with Gasteiger partial charge in [-0.1, -0.05) is 138 Å². The zero-order chi connectivity index (χ0) is 78.8. The first-order valence-corrected chi connectivity index (χ1v) is 42.6. The van der Waals surface area contributed by atoms with E-state index in [-0.39, 0.29) is 116 Å². The van der Waals surface area contributed by atoms with E-state index in [9.17, 15) is 0 Å². The van der Waals surface area contributed by atoms with Crippen LogP contribution in [0.15, 0.2) is 79.4 Å².